The summed E-state index contributed by atoms with van der Waals surface area (Å²) in [6.45, 7) is 21.8. The molecule has 0 bridgehead atoms. The van der Waals surface area contributed by atoms with Gasteiger partial charge in [-0.05, 0) is 107 Å². The maximum Gasteiger partial charge on any atom is 0.499 e. The van der Waals surface area contributed by atoms with E-state index in [9.17, 15) is 68.7 Å². The van der Waals surface area contributed by atoms with Crippen molar-refractivity contribution >= 4 is 47.5 Å². The molecule has 0 radical (unpaired) electrons. The molecule has 4 fully saturated rings. The van der Waals surface area contributed by atoms with Gasteiger partial charge in [-0.25, -0.2) is 38.4 Å². The number of nitrogens with one attached hydrogen (secondary N) is 4. The van der Waals surface area contributed by atoms with Gasteiger partial charge in [0.05, 0.1) is 44.7 Å². The molecule has 18 N–H and O–H groups in total. The number of aromatic nitrogens is 8. The Hall–Kier alpha value is -10.5. The van der Waals surface area contributed by atoms with Crippen LogP contribution in [0.1, 0.15) is 156 Å². The summed E-state index contributed by atoms with van der Waals surface area (Å²) in [7, 11) is 1.63. The molecule has 2 amide bonds. The van der Waals surface area contributed by atoms with Crippen molar-refractivity contribution in [3.63, 3.8) is 0 Å². The maximum absolute atomic E-state index is 13.1. The van der Waals surface area contributed by atoms with E-state index in [1.807, 2.05) is 98.8 Å². The molecular formula is C82H116Cl2N14O25. The second kappa shape index (κ2) is 46.8. The first-order valence-corrected chi connectivity index (χ1v) is 39.3. The molecule has 15 atom stereocenters. The number of aliphatic hydroxyl groups excluding tert-OH is 6. The van der Waals surface area contributed by atoms with Crippen molar-refractivity contribution in [3.8, 4) is 5.75 Å². The lowest BCUT2D eigenvalue weighted by molar-refractivity contribution is -0.773. The van der Waals surface area contributed by atoms with E-state index in [1.54, 1.807) is 108 Å². The van der Waals surface area contributed by atoms with E-state index >= 15 is 0 Å². The van der Waals surface area contributed by atoms with Gasteiger partial charge in [0.15, 0.2) is 11.9 Å². The molecule has 39 nitrogen and oxygen atoms in total. The molecule has 0 saturated carbocycles. The number of rotatable bonds is 24. The Bertz CT molecular complexity index is 4750. The van der Waals surface area contributed by atoms with Crippen LogP contribution < -0.4 is 90.0 Å². The number of carboxylic acids is 1. The summed E-state index contributed by atoms with van der Waals surface area (Å²) in [6, 6.07) is 31.9. The zero-order valence-electron chi connectivity index (χ0n) is 71.0. The highest BCUT2D eigenvalue weighted by atomic mass is 35.5. The third kappa shape index (κ3) is 29.6. The van der Waals surface area contributed by atoms with Gasteiger partial charge in [0.2, 0.25) is 6.23 Å². The van der Waals surface area contributed by atoms with E-state index in [1.165, 1.54) is 42.8 Å². The molecule has 0 spiro atoms. The van der Waals surface area contributed by atoms with Gasteiger partial charge in [0, 0.05) is 62.0 Å². The highest BCUT2D eigenvalue weighted by Crippen LogP contribution is 2.41. The van der Waals surface area contributed by atoms with Gasteiger partial charge < -0.3 is 136 Å². The third-order valence-corrected chi connectivity index (χ3v) is 19.3. The number of aliphatic carboxylic acids is 1. The highest BCUT2D eigenvalue weighted by molar-refractivity contribution is 5.82. The second-order valence-electron chi connectivity index (χ2n) is 32.0. The highest BCUT2D eigenvalue weighted by Gasteiger charge is 2.43. The van der Waals surface area contributed by atoms with Crippen LogP contribution in [0.2, 0.25) is 0 Å². The summed E-state index contributed by atoms with van der Waals surface area (Å²) in [5, 5.41) is 75.4. The molecule has 3 aromatic carbocycles. The van der Waals surface area contributed by atoms with Crippen LogP contribution in [-0.4, -0.2) is 211 Å². The molecule has 41 heteroatoms. The molecule has 11 rings (SSSR count). The Balaban J connectivity index is 0.000000283. The molecule has 0 aliphatic carbocycles. The largest absolute Gasteiger partial charge is 1.00 e. The number of esters is 2. The monoisotopic (exact) mass is 1770 g/mol. The molecule has 123 heavy (non-hydrogen) atoms. The maximum atomic E-state index is 13.1. The minimum Gasteiger partial charge on any atom is -1.00 e. The zero-order chi connectivity index (χ0) is 89.5. The average molecular weight is 1770 g/mol. The van der Waals surface area contributed by atoms with E-state index in [-0.39, 0.29) is 106 Å². The number of carboxylic acid groups (broad SMARTS) is 1. The molecule has 4 aromatic heterocycles. The minimum absolute atomic E-state index is 0. The summed E-state index contributed by atoms with van der Waals surface area (Å²) in [5.41, 5.74) is 13.9. The van der Waals surface area contributed by atoms with Crippen LogP contribution >= 0.6 is 0 Å². The summed E-state index contributed by atoms with van der Waals surface area (Å²) in [5.74, 6) is -1.03. The van der Waals surface area contributed by atoms with Crippen molar-refractivity contribution in [2.45, 2.75) is 224 Å². The predicted octanol–water partition coefficient (Wildman–Crippen LogP) is -3.61. The lowest BCUT2D eigenvalue weighted by Gasteiger charge is -2.37. The molecule has 4 saturated heterocycles. The molecule has 4 aliphatic heterocycles. The van der Waals surface area contributed by atoms with Gasteiger partial charge in [0.25, 0.3) is 0 Å². The SMILES string of the molecule is CC(C)C(NC(=O)OC(C)(C)C)C(=O)O.CC(C)C([NH3+])C(=O)OCC1O[C@H]([n+]2ccc(N)[nH]c2=O)C[C@@H]1O.COc1ccc(C(Nc2ccn([C@@H]3C[C@H](O)C(CO)O3)c(=O)n2)(c2ccccc2)c2ccccc2)cc1.Cc1ccn([C@@H]2C[C@H](O)C(COC(=O)C(NC(=O)OC(C)(C)C)C(C)C)O2)c(=O)n1.Nc1ccn([C@@H]2C[C@H](O)C(CO)O2)c(=O)n1.[Cl-].[Cl-]. The van der Waals surface area contributed by atoms with E-state index in [4.69, 9.17) is 64.3 Å². The standard InChI is InChI=1S/C29H29N3O5.C20H31N3O7.C14H22N4O5.C10H19NO4.C9H13N3O4.2ClH/c1-36-23-14-12-22(13-15-23)29(20-8-4-2-5-9-20,21-10-6-3-7-11-21)31-26-16-17-32(28(35)30-26)27-18-24(34)25(19-33)37-27;1-11(2)16(22-19(27)30-20(4,5)6)17(25)28-10-14-13(24)9-15(29-14)23-8-7-12(3)21-18(23)26;1-7(2)12(16)13(20)22-6-9-8(19)5-11(23-9)18-4-3-10(15)17-14(18)21;1-6(2)7(8(12)13)11-9(14)15-10(3,4)5;10-7-1-2-12(9(15)11-7)8-3-5(14)6(4-13)16-8;;/h2-17,24-25,27,33-34H,18-19H2,1H3,(H,30,31,35);7-8,11,13-16,24H,9-10H2,1-6H3,(H,22,27);3-4,7-9,11-12,19H,5-6,16H2,1-2H3,(H2,15,17,21);6-7H,1-5H3,(H,11,14)(H,12,13);1-2,5-6,8,13-14H,3-4H2,(H2,10,11,15);2*1H/t24-,25?,27-;13-,14?,15-,16?;8-,9?,11-,12?;;5-,6?,8-;;/m000.0../s1. The number of nitrogen functional groups attached to an aromatic ring is 2. The Kier molecular flexibility index (Phi) is 39.2. The second-order valence-corrected chi connectivity index (χ2v) is 32.0. The van der Waals surface area contributed by atoms with Crippen molar-refractivity contribution in [2.24, 2.45) is 17.8 Å². The van der Waals surface area contributed by atoms with E-state index in [0.717, 1.165) is 22.4 Å². The van der Waals surface area contributed by atoms with Crippen LogP contribution in [0.4, 0.5) is 27.0 Å². The van der Waals surface area contributed by atoms with Crippen molar-refractivity contribution in [1.82, 2.24) is 44.3 Å². The lowest BCUT2D eigenvalue weighted by Crippen LogP contribution is -3.00. The third-order valence-electron chi connectivity index (χ3n) is 19.3. The fourth-order valence-electron chi connectivity index (χ4n) is 12.7. The number of nitrogens with two attached hydrogens (primary N) is 2. The van der Waals surface area contributed by atoms with Gasteiger partial charge in [-0.1, -0.05) is 114 Å². The predicted molar refractivity (Wildman–Crippen MR) is 435 cm³/mol. The summed E-state index contributed by atoms with van der Waals surface area (Å²) >= 11 is 0. The number of carbonyl (C=O) groups is 5. The molecule has 4 aliphatic rings. The van der Waals surface area contributed by atoms with Crippen LogP contribution in [0.5, 0.6) is 5.75 Å². The zero-order valence-corrected chi connectivity index (χ0v) is 72.5. The number of hydrogen-bond acceptors (Lipinski definition) is 30. The number of quaternary nitrogens is 1. The number of aromatic amines is 1. The first-order chi connectivity index (χ1) is 56.9. The fourth-order valence-corrected chi connectivity index (χ4v) is 12.7. The molecule has 678 valence electrons. The fraction of sp³-hybridized carbons (Fsp3) is 0.524. The molecule has 7 aromatic rings. The number of hydrogen-bond donors (Lipinski definition) is 14. The van der Waals surface area contributed by atoms with Gasteiger partial charge in [-0.15, -0.1) is 0 Å². The van der Waals surface area contributed by atoms with Gasteiger partial charge in [-0.3, -0.25) is 13.7 Å². The summed E-state index contributed by atoms with van der Waals surface area (Å²) < 4.78 is 53.4. The Morgan fingerprint density at radius 3 is 1.41 bits per heavy atom. The smallest absolute Gasteiger partial charge is 0.499 e. The van der Waals surface area contributed by atoms with Crippen LogP contribution in [-0.2, 0) is 57.8 Å². The topological polar surface area (TPSA) is 567 Å². The van der Waals surface area contributed by atoms with Crippen LogP contribution in [0.25, 0.3) is 0 Å². The van der Waals surface area contributed by atoms with Crippen LogP contribution in [0.3, 0.4) is 0 Å². The number of carbonyl (C=O) groups excluding carboxylic acids is 4. The first kappa shape index (κ1) is 103. The number of amides is 2. The van der Waals surface area contributed by atoms with Crippen molar-refractivity contribution in [3.05, 3.63) is 198 Å². The number of aliphatic hydroxyl groups is 6. The molecule has 7 unspecified atom stereocenters. The molecular weight excluding hydrogens is 1650 g/mol. The number of methoxy groups -OCH3 is 1. The Labute approximate surface area is 722 Å². The van der Waals surface area contributed by atoms with Gasteiger partial charge in [0.1, 0.15) is 109 Å². The molecule has 8 heterocycles. The van der Waals surface area contributed by atoms with E-state index in [0.29, 0.717) is 11.5 Å². The number of nitrogens with zero attached hydrogens (tertiary/aromatic N) is 7. The number of H-pyrrole nitrogens is 1. The summed E-state index contributed by atoms with van der Waals surface area (Å²) in [6.07, 6.45) is -3.40. The number of aryl methyl sites for hydroxylation is 1. The van der Waals surface area contributed by atoms with Crippen LogP contribution in [0.15, 0.2) is 153 Å². The summed E-state index contributed by atoms with van der Waals surface area (Å²) in [4.78, 5) is 121. The minimum atomic E-state index is -1.06. The first-order valence-electron chi connectivity index (χ1n) is 39.3. The Morgan fingerprint density at radius 2 is 0.984 bits per heavy atom. The van der Waals surface area contributed by atoms with Gasteiger partial charge >= 0.3 is 52.9 Å². The number of ether oxygens (including phenoxy) is 9. The van der Waals surface area contributed by atoms with Crippen molar-refractivity contribution in [2.75, 3.05) is 50.3 Å². The quantitative estimate of drug-likeness (QED) is 0.0120. The number of anilines is 3. The van der Waals surface area contributed by atoms with Crippen LogP contribution in [0, 0.1) is 24.7 Å². The van der Waals surface area contributed by atoms with E-state index in [2.05, 4.69) is 41.6 Å². The number of benzene rings is 3. The average Bonchev–Trinajstić information content (AvgIpc) is 0.958. The number of halogens is 2. The normalized spacial score (nSPS) is 21.6. The lowest BCUT2D eigenvalue weighted by atomic mass is 9.77. The van der Waals surface area contributed by atoms with Crippen molar-refractivity contribution in [1.29, 1.82) is 0 Å². The van der Waals surface area contributed by atoms with E-state index < -0.39 is 161 Å². The number of alkyl carbamates (subject to hydrolysis) is 2. The Morgan fingerprint density at radius 1 is 0.561 bits per heavy atom. The van der Waals surface area contributed by atoms with Gasteiger partial charge in [-0.2, -0.15) is 29.3 Å². The van der Waals surface area contributed by atoms with Crippen molar-refractivity contribution < 1.29 is 137 Å².